The molecular formula is C12H11Cl2N3. The minimum absolute atomic E-state index is 0.154. The molecular weight excluding hydrogens is 257 g/mol. The summed E-state index contributed by atoms with van der Waals surface area (Å²) in [7, 11) is 0. The summed E-state index contributed by atoms with van der Waals surface area (Å²) in [6.07, 6.45) is 3.47. The van der Waals surface area contributed by atoms with Crippen LogP contribution in [-0.2, 0) is 0 Å². The van der Waals surface area contributed by atoms with Gasteiger partial charge in [-0.2, -0.15) is 0 Å². The van der Waals surface area contributed by atoms with E-state index in [1.54, 1.807) is 24.5 Å². The Morgan fingerprint density at radius 1 is 1.12 bits per heavy atom. The second-order valence-electron chi connectivity index (χ2n) is 3.56. The zero-order chi connectivity index (χ0) is 12.3. The largest absolute Gasteiger partial charge is 0.271 e. The molecule has 0 radical (unpaired) electrons. The average Bonchev–Trinajstić information content (AvgIpc) is 2.36. The number of aromatic nitrogens is 1. The Kier molecular flexibility index (Phi) is 3.97. The van der Waals surface area contributed by atoms with Gasteiger partial charge in [-0.3, -0.25) is 10.8 Å². The quantitative estimate of drug-likeness (QED) is 0.664. The van der Waals surface area contributed by atoms with Crippen LogP contribution in [0, 0.1) is 0 Å². The number of nitrogens with two attached hydrogens (primary N) is 1. The van der Waals surface area contributed by atoms with Gasteiger partial charge >= 0.3 is 0 Å². The minimum atomic E-state index is -0.154. The first-order chi connectivity index (χ1) is 8.22. The van der Waals surface area contributed by atoms with E-state index < -0.39 is 0 Å². The van der Waals surface area contributed by atoms with E-state index in [1.165, 1.54) is 0 Å². The van der Waals surface area contributed by atoms with Gasteiger partial charge in [0.25, 0.3) is 0 Å². The third kappa shape index (κ3) is 2.76. The summed E-state index contributed by atoms with van der Waals surface area (Å²) in [4.78, 5) is 4.06. The van der Waals surface area contributed by atoms with E-state index in [1.807, 2.05) is 18.2 Å². The normalized spacial score (nSPS) is 12.4. The Hall–Kier alpha value is -1.13. The minimum Gasteiger partial charge on any atom is -0.271 e. The van der Waals surface area contributed by atoms with Crippen LogP contribution in [0.15, 0.2) is 42.7 Å². The molecule has 2 aromatic rings. The molecule has 0 amide bonds. The summed E-state index contributed by atoms with van der Waals surface area (Å²) in [6.45, 7) is 0. The highest BCUT2D eigenvalue weighted by atomic mass is 35.5. The van der Waals surface area contributed by atoms with E-state index in [4.69, 9.17) is 29.0 Å². The van der Waals surface area contributed by atoms with Crippen molar-refractivity contribution in [2.45, 2.75) is 6.04 Å². The topological polar surface area (TPSA) is 50.9 Å². The highest BCUT2D eigenvalue weighted by Gasteiger charge is 2.13. The van der Waals surface area contributed by atoms with Gasteiger partial charge in [-0.1, -0.05) is 35.3 Å². The number of hydrazine groups is 1. The number of nitrogens with zero attached hydrogens (tertiary/aromatic N) is 1. The molecule has 5 heteroatoms. The summed E-state index contributed by atoms with van der Waals surface area (Å²) >= 11 is 11.9. The van der Waals surface area contributed by atoms with Gasteiger partial charge in [-0.05, 0) is 29.3 Å². The van der Waals surface area contributed by atoms with Crippen LogP contribution in [0.4, 0.5) is 0 Å². The van der Waals surface area contributed by atoms with Gasteiger partial charge in [0.05, 0.1) is 16.1 Å². The Bertz CT molecular complexity index is 502. The maximum absolute atomic E-state index is 5.99. The van der Waals surface area contributed by atoms with E-state index in [0.717, 1.165) is 11.1 Å². The number of hydrogen-bond donors (Lipinski definition) is 2. The van der Waals surface area contributed by atoms with Gasteiger partial charge in [0.1, 0.15) is 0 Å². The van der Waals surface area contributed by atoms with Crippen LogP contribution in [0.25, 0.3) is 0 Å². The van der Waals surface area contributed by atoms with Crippen LogP contribution in [0.5, 0.6) is 0 Å². The molecule has 3 N–H and O–H groups in total. The number of nitrogens with one attached hydrogen (secondary N) is 1. The molecule has 0 saturated carbocycles. The van der Waals surface area contributed by atoms with Crippen molar-refractivity contribution in [2.24, 2.45) is 5.84 Å². The van der Waals surface area contributed by atoms with E-state index in [9.17, 15) is 0 Å². The van der Waals surface area contributed by atoms with Crippen molar-refractivity contribution in [3.63, 3.8) is 0 Å². The molecule has 1 unspecified atom stereocenters. The summed E-state index contributed by atoms with van der Waals surface area (Å²) in [6, 6.07) is 9.07. The molecule has 0 aliphatic rings. The summed E-state index contributed by atoms with van der Waals surface area (Å²) < 4.78 is 0. The molecule has 88 valence electrons. The number of benzene rings is 1. The van der Waals surface area contributed by atoms with Crippen LogP contribution in [0.2, 0.25) is 10.0 Å². The van der Waals surface area contributed by atoms with Crippen molar-refractivity contribution in [3.05, 3.63) is 63.9 Å². The molecule has 17 heavy (non-hydrogen) atoms. The van der Waals surface area contributed by atoms with Crippen LogP contribution in [0.3, 0.4) is 0 Å². The van der Waals surface area contributed by atoms with Gasteiger partial charge in [0, 0.05) is 12.4 Å². The van der Waals surface area contributed by atoms with Crippen LogP contribution < -0.4 is 11.3 Å². The Balaban J connectivity index is 2.39. The van der Waals surface area contributed by atoms with Crippen molar-refractivity contribution < 1.29 is 0 Å². The fourth-order valence-electron chi connectivity index (χ4n) is 1.62. The molecule has 0 saturated heterocycles. The summed E-state index contributed by atoms with van der Waals surface area (Å²) in [5, 5.41) is 1.03. The second kappa shape index (κ2) is 5.47. The fourth-order valence-corrected chi connectivity index (χ4v) is 1.93. The van der Waals surface area contributed by atoms with Crippen molar-refractivity contribution in [3.8, 4) is 0 Å². The number of pyridine rings is 1. The van der Waals surface area contributed by atoms with Gasteiger partial charge in [0.15, 0.2) is 0 Å². The van der Waals surface area contributed by atoms with Crippen LogP contribution in [0.1, 0.15) is 17.2 Å². The van der Waals surface area contributed by atoms with E-state index in [0.29, 0.717) is 10.0 Å². The van der Waals surface area contributed by atoms with Gasteiger partial charge < -0.3 is 0 Å². The smallest absolute Gasteiger partial charge is 0.0725 e. The third-order valence-electron chi connectivity index (χ3n) is 2.46. The Morgan fingerprint density at radius 2 is 1.94 bits per heavy atom. The molecule has 1 heterocycles. The fraction of sp³-hybridized carbons (Fsp3) is 0.0833. The Labute approximate surface area is 110 Å². The lowest BCUT2D eigenvalue weighted by atomic mass is 10.0. The van der Waals surface area contributed by atoms with E-state index in [-0.39, 0.29) is 6.04 Å². The van der Waals surface area contributed by atoms with Gasteiger partial charge in [-0.25, -0.2) is 5.43 Å². The SMILES string of the molecule is NNC(c1cccnc1)c1ccc(Cl)c(Cl)c1. The summed E-state index contributed by atoms with van der Waals surface area (Å²) in [5.41, 5.74) is 4.65. The lowest BCUT2D eigenvalue weighted by Crippen LogP contribution is -2.28. The monoisotopic (exact) mass is 267 g/mol. The zero-order valence-corrected chi connectivity index (χ0v) is 10.4. The zero-order valence-electron chi connectivity index (χ0n) is 8.90. The third-order valence-corrected chi connectivity index (χ3v) is 3.20. The maximum Gasteiger partial charge on any atom is 0.0725 e. The standard InChI is InChI=1S/C12H11Cl2N3/c13-10-4-3-8(6-11(10)14)12(17-15)9-2-1-5-16-7-9/h1-7,12,17H,15H2. The number of hydrogen-bond acceptors (Lipinski definition) is 3. The first-order valence-electron chi connectivity index (χ1n) is 5.03. The molecule has 1 aromatic carbocycles. The molecule has 0 fully saturated rings. The lowest BCUT2D eigenvalue weighted by molar-refractivity contribution is 0.635. The molecule has 0 aliphatic carbocycles. The number of rotatable bonds is 3. The van der Waals surface area contributed by atoms with Gasteiger partial charge in [0.2, 0.25) is 0 Å². The van der Waals surface area contributed by atoms with E-state index >= 15 is 0 Å². The molecule has 3 nitrogen and oxygen atoms in total. The Morgan fingerprint density at radius 3 is 2.53 bits per heavy atom. The summed E-state index contributed by atoms with van der Waals surface area (Å²) in [5.74, 6) is 5.57. The van der Waals surface area contributed by atoms with Gasteiger partial charge in [-0.15, -0.1) is 0 Å². The average molecular weight is 268 g/mol. The molecule has 0 aliphatic heterocycles. The number of halogens is 2. The van der Waals surface area contributed by atoms with Crippen molar-refractivity contribution in [1.29, 1.82) is 0 Å². The highest BCUT2D eigenvalue weighted by molar-refractivity contribution is 6.42. The van der Waals surface area contributed by atoms with Crippen LogP contribution in [-0.4, -0.2) is 4.98 Å². The second-order valence-corrected chi connectivity index (χ2v) is 4.37. The predicted octanol–water partition coefficient (Wildman–Crippen LogP) is 2.94. The predicted molar refractivity (Wildman–Crippen MR) is 69.9 cm³/mol. The molecule has 0 spiro atoms. The molecule has 2 rings (SSSR count). The first-order valence-corrected chi connectivity index (χ1v) is 5.79. The van der Waals surface area contributed by atoms with E-state index in [2.05, 4.69) is 10.4 Å². The van der Waals surface area contributed by atoms with Crippen molar-refractivity contribution in [2.75, 3.05) is 0 Å². The van der Waals surface area contributed by atoms with Crippen molar-refractivity contribution in [1.82, 2.24) is 10.4 Å². The lowest BCUT2D eigenvalue weighted by Gasteiger charge is -2.16. The van der Waals surface area contributed by atoms with Crippen molar-refractivity contribution >= 4 is 23.2 Å². The molecule has 1 atom stereocenters. The molecule has 0 bridgehead atoms. The first kappa shape index (κ1) is 12.3. The highest BCUT2D eigenvalue weighted by Crippen LogP contribution is 2.28. The van der Waals surface area contributed by atoms with Crippen LogP contribution >= 0.6 is 23.2 Å². The molecule has 1 aromatic heterocycles. The maximum atomic E-state index is 5.99.